The van der Waals surface area contributed by atoms with Crippen molar-refractivity contribution in [2.24, 2.45) is 23.7 Å². The van der Waals surface area contributed by atoms with Crippen molar-refractivity contribution in [1.82, 2.24) is 5.32 Å². The van der Waals surface area contributed by atoms with Crippen LogP contribution in [-0.2, 0) is 4.79 Å². The van der Waals surface area contributed by atoms with Crippen LogP contribution in [0.4, 0.5) is 0 Å². The Hall–Kier alpha value is -0.830. The third kappa shape index (κ3) is 2.93. The van der Waals surface area contributed by atoms with Crippen LogP contribution in [0.15, 0.2) is 17.5 Å². The normalized spacial score (nSPS) is 29.9. The van der Waals surface area contributed by atoms with Crippen molar-refractivity contribution < 1.29 is 4.79 Å². The predicted molar refractivity (Wildman–Crippen MR) is 83.6 cm³/mol. The van der Waals surface area contributed by atoms with E-state index in [2.05, 4.69) is 36.7 Å². The van der Waals surface area contributed by atoms with Gasteiger partial charge in [-0.05, 0) is 54.4 Å². The zero-order valence-corrected chi connectivity index (χ0v) is 13.3. The highest BCUT2D eigenvalue weighted by Gasteiger charge is 2.40. The highest BCUT2D eigenvalue weighted by atomic mass is 32.1. The van der Waals surface area contributed by atoms with Crippen molar-refractivity contribution in [3.05, 3.63) is 22.4 Å². The topological polar surface area (TPSA) is 29.1 Å². The molecule has 0 aromatic carbocycles. The Balaban J connectivity index is 1.57. The summed E-state index contributed by atoms with van der Waals surface area (Å²) in [4.78, 5) is 13.7. The summed E-state index contributed by atoms with van der Waals surface area (Å²) in [7, 11) is 0. The highest BCUT2D eigenvalue weighted by Crippen LogP contribution is 2.49. The van der Waals surface area contributed by atoms with Gasteiger partial charge >= 0.3 is 0 Å². The molecule has 2 saturated carbocycles. The molecule has 0 aliphatic heterocycles. The molecule has 1 heterocycles. The van der Waals surface area contributed by atoms with E-state index < -0.39 is 0 Å². The van der Waals surface area contributed by atoms with E-state index in [4.69, 9.17) is 0 Å². The van der Waals surface area contributed by atoms with Crippen molar-refractivity contribution in [3.8, 4) is 0 Å². The Morgan fingerprint density at radius 3 is 2.80 bits per heavy atom. The third-order valence-electron chi connectivity index (χ3n) is 5.16. The van der Waals surface area contributed by atoms with Crippen LogP contribution in [0.25, 0.3) is 0 Å². The average molecular weight is 291 g/mol. The van der Waals surface area contributed by atoms with E-state index in [0.717, 1.165) is 18.3 Å². The van der Waals surface area contributed by atoms with E-state index in [1.54, 1.807) is 11.3 Å². The van der Waals surface area contributed by atoms with Crippen LogP contribution in [0.1, 0.15) is 56.9 Å². The molecule has 2 nitrogen and oxygen atoms in total. The third-order valence-corrected chi connectivity index (χ3v) is 6.12. The second kappa shape index (κ2) is 5.88. The molecule has 0 spiro atoms. The second-order valence-corrected chi connectivity index (χ2v) is 7.92. The number of fused-ring (bicyclic) bond motifs is 2. The summed E-state index contributed by atoms with van der Waals surface area (Å²) in [5.41, 5.74) is 0. The maximum Gasteiger partial charge on any atom is 0.220 e. The monoisotopic (exact) mass is 291 g/mol. The van der Waals surface area contributed by atoms with Gasteiger partial charge in [-0.3, -0.25) is 4.79 Å². The average Bonchev–Trinajstić information content (AvgIpc) is 3.12. The van der Waals surface area contributed by atoms with Gasteiger partial charge in [-0.1, -0.05) is 26.3 Å². The van der Waals surface area contributed by atoms with E-state index in [-0.39, 0.29) is 11.9 Å². The number of rotatable bonds is 5. The number of thiophene rings is 1. The van der Waals surface area contributed by atoms with Gasteiger partial charge in [0.1, 0.15) is 0 Å². The Bertz CT molecular complexity index is 454. The lowest BCUT2D eigenvalue weighted by Crippen LogP contribution is -2.33. The van der Waals surface area contributed by atoms with Crippen LogP contribution in [0.3, 0.4) is 0 Å². The largest absolute Gasteiger partial charge is 0.348 e. The SMILES string of the molecule is CC(C)C(NC(=O)CC1CC2CCC1C2)c1cccs1. The van der Waals surface area contributed by atoms with Crippen molar-refractivity contribution in [3.63, 3.8) is 0 Å². The molecule has 1 amide bonds. The summed E-state index contributed by atoms with van der Waals surface area (Å²) in [6, 6.07) is 4.38. The number of amides is 1. The fourth-order valence-electron chi connectivity index (χ4n) is 4.13. The van der Waals surface area contributed by atoms with E-state index >= 15 is 0 Å². The molecule has 1 N–H and O–H groups in total. The summed E-state index contributed by atoms with van der Waals surface area (Å²) in [5.74, 6) is 3.12. The lowest BCUT2D eigenvalue weighted by atomic mass is 9.86. The Kier molecular flexibility index (Phi) is 4.16. The van der Waals surface area contributed by atoms with E-state index in [9.17, 15) is 4.79 Å². The molecule has 0 radical (unpaired) electrons. The molecular formula is C17H25NOS. The minimum atomic E-state index is 0.182. The molecule has 20 heavy (non-hydrogen) atoms. The summed E-state index contributed by atoms with van der Waals surface area (Å²) in [6.45, 7) is 4.37. The van der Waals surface area contributed by atoms with Crippen molar-refractivity contribution in [2.75, 3.05) is 0 Å². The van der Waals surface area contributed by atoms with Crippen LogP contribution in [0, 0.1) is 23.7 Å². The number of nitrogens with one attached hydrogen (secondary N) is 1. The van der Waals surface area contributed by atoms with Gasteiger partial charge in [0.25, 0.3) is 0 Å². The molecule has 1 aromatic rings. The van der Waals surface area contributed by atoms with Gasteiger partial charge in [-0.2, -0.15) is 0 Å². The van der Waals surface area contributed by atoms with Gasteiger partial charge in [0.05, 0.1) is 6.04 Å². The van der Waals surface area contributed by atoms with Gasteiger partial charge in [0.2, 0.25) is 5.91 Å². The molecule has 2 bridgehead atoms. The summed E-state index contributed by atoms with van der Waals surface area (Å²) in [6.07, 6.45) is 6.20. The zero-order chi connectivity index (χ0) is 14.1. The van der Waals surface area contributed by atoms with Crippen LogP contribution in [0.5, 0.6) is 0 Å². The van der Waals surface area contributed by atoms with Gasteiger partial charge < -0.3 is 5.32 Å². The van der Waals surface area contributed by atoms with Crippen molar-refractivity contribution >= 4 is 17.2 Å². The molecule has 2 aliphatic carbocycles. The Labute approximate surface area is 126 Å². The smallest absolute Gasteiger partial charge is 0.220 e. The van der Waals surface area contributed by atoms with Crippen molar-refractivity contribution in [1.29, 1.82) is 0 Å². The first-order chi connectivity index (χ1) is 9.63. The van der Waals surface area contributed by atoms with Gasteiger partial charge in [-0.15, -0.1) is 11.3 Å². The van der Waals surface area contributed by atoms with Gasteiger partial charge in [0, 0.05) is 11.3 Å². The zero-order valence-electron chi connectivity index (χ0n) is 12.5. The van der Waals surface area contributed by atoms with Crippen LogP contribution >= 0.6 is 11.3 Å². The molecule has 1 aromatic heterocycles. The molecular weight excluding hydrogens is 266 g/mol. The first-order valence-corrected chi connectivity index (χ1v) is 8.84. The molecule has 3 heteroatoms. The minimum Gasteiger partial charge on any atom is -0.348 e. The van der Waals surface area contributed by atoms with Gasteiger partial charge in [0.15, 0.2) is 0 Å². The summed E-state index contributed by atoms with van der Waals surface area (Å²) >= 11 is 1.74. The fraction of sp³-hybridized carbons (Fsp3) is 0.706. The maximum absolute atomic E-state index is 12.4. The number of carbonyl (C=O) groups is 1. The Morgan fingerprint density at radius 1 is 1.40 bits per heavy atom. The summed E-state index contributed by atoms with van der Waals surface area (Å²) in [5, 5.41) is 5.37. The Morgan fingerprint density at radius 2 is 2.25 bits per heavy atom. The molecule has 3 rings (SSSR count). The summed E-state index contributed by atoms with van der Waals surface area (Å²) < 4.78 is 0. The highest BCUT2D eigenvalue weighted by molar-refractivity contribution is 7.10. The predicted octanol–water partition coefficient (Wildman–Crippen LogP) is 4.39. The lowest BCUT2D eigenvalue weighted by molar-refractivity contribution is -0.123. The minimum absolute atomic E-state index is 0.182. The molecule has 4 unspecified atom stereocenters. The molecule has 2 aliphatic rings. The first kappa shape index (κ1) is 14.1. The van der Waals surface area contributed by atoms with Crippen LogP contribution < -0.4 is 5.32 Å². The number of carbonyl (C=O) groups excluding carboxylic acids is 1. The lowest BCUT2D eigenvalue weighted by Gasteiger charge is -2.25. The number of hydrogen-bond donors (Lipinski definition) is 1. The van der Waals surface area contributed by atoms with Gasteiger partial charge in [-0.25, -0.2) is 0 Å². The molecule has 4 atom stereocenters. The van der Waals surface area contributed by atoms with E-state index in [1.807, 2.05) is 0 Å². The van der Waals surface area contributed by atoms with Crippen LogP contribution in [-0.4, -0.2) is 5.91 Å². The first-order valence-electron chi connectivity index (χ1n) is 7.96. The standard InChI is InChI=1S/C17H25NOS/c1-11(2)17(15-4-3-7-20-15)18-16(19)10-14-9-12-5-6-13(14)8-12/h3-4,7,11-14,17H,5-6,8-10H2,1-2H3,(H,18,19). The van der Waals surface area contributed by atoms with Crippen molar-refractivity contribution in [2.45, 2.75) is 52.0 Å². The molecule has 0 saturated heterocycles. The maximum atomic E-state index is 12.4. The second-order valence-electron chi connectivity index (χ2n) is 6.94. The number of hydrogen-bond acceptors (Lipinski definition) is 2. The van der Waals surface area contributed by atoms with E-state index in [1.165, 1.54) is 30.6 Å². The quantitative estimate of drug-likeness (QED) is 0.856. The van der Waals surface area contributed by atoms with Crippen LogP contribution in [0.2, 0.25) is 0 Å². The molecule has 110 valence electrons. The molecule has 2 fully saturated rings. The fourth-order valence-corrected chi connectivity index (χ4v) is 5.08. The van der Waals surface area contributed by atoms with E-state index in [0.29, 0.717) is 11.8 Å².